The number of unbranched alkanes of at least 4 members (excludes halogenated alkanes) is 7. The van der Waals surface area contributed by atoms with E-state index >= 15 is 0 Å². The van der Waals surface area contributed by atoms with Gasteiger partial charge in [0.2, 0.25) is 0 Å². The molecule has 10 nitrogen and oxygen atoms in total. The molecule has 0 unspecified atom stereocenters. The lowest BCUT2D eigenvalue weighted by atomic mass is 10.1. The average Bonchev–Trinajstić information content (AvgIpc) is 2.14. The third-order valence-electron chi connectivity index (χ3n) is 2.23. The van der Waals surface area contributed by atoms with Crippen LogP contribution in [0.2, 0.25) is 0 Å². The quantitative estimate of drug-likeness (QED) is 0.371. The first-order valence-corrected chi connectivity index (χ1v) is 7.04. The van der Waals surface area contributed by atoms with Gasteiger partial charge in [-0.3, -0.25) is 4.55 Å². The van der Waals surface area contributed by atoms with Crippen LogP contribution in [-0.4, -0.2) is 47.0 Å². The van der Waals surface area contributed by atoms with E-state index in [1.165, 1.54) is 32.1 Å². The Kier molecular flexibility index (Phi) is 56.8. The molecule has 0 aromatic heterocycles. The van der Waals surface area contributed by atoms with E-state index < -0.39 is 10.4 Å². The second-order valence-corrected chi connectivity index (χ2v) is 4.82. The van der Waals surface area contributed by atoms with Crippen LogP contribution in [0.15, 0.2) is 0 Å². The third kappa shape index (κ3) is 45.1. The Balaban J connectivity index is -0.0000000653. The zero-order valence-corrected chi connectivity index (χ0v) is 13.5. The van der Waals surface area contributed by atoms with Crippen LogP contribution >= 0.6 is 0 Å². The zero-order valence-electron chi connectivity index (χ0n) is 12.7. The van der Waals surface area contributed by atoms with Crippen LogP contribution in [-0.2, 0) is 14.6 Å². The minimum absolute atomic E-state index is 0. The van der Waals surface area contributed by atoms with Crippen LogP contribution in [0.4, 0.5) is 0 Å². The zero-order chi connectivity index (χ0) is 11.6. The van der Waals surface area contributed by atoms with Crippen molar-refractivity contribution in [2.24, 2.45) is 0 Å². The predicted octanol–water partition coefficient (Wildman–Crippen LogP) is -1.02. The summed E-state index contributed by atoms with van der Waals surface area (Å²) >= 11 is 0. The Morgan fingerprint density at radius 2 is 1.10 bits per heavy atom. The highest BCUT2D eigenvalue weighted by molar-refractivity contribution is 7.80. The molecule has 21 heavy (non-hydrogen) atoms. The maximum Gasteiger partial charge on any atom is 0.397 e. The molecule has 11 heteroatoms. The Bertz CT molecular complexity index is 237. The average molecular weight is 345 g/mol. The fourth-order valence-corrected chi connectivity index (χ4v) is 1.73. The SMILES string of the molecule is CCCCCCCCCCOS(=O)(=O)O.N.O.O.O.O.O. The molecular weight excluding hydrogens is 310 g/mol. The van der Waals surface area contributed by atoms with Crippen molar-refractivity contribution in [3.8, 4) is 0 Å². The molecule has 0 aromatic rings. The highest BCUT2D eigenvalue weighted by Crippen LogP contribution is 2.08. The molecule has 0 aromatic carbocycles. The number of hydrogen-bond donors (Lipinski definition) is 2. The topological polar surface area (TPSA) is 256 Å². The Labute approximate surface area is 127 Å². The smallest absolute Gasteiger partial charge is 0.397 e. The number of rotatable bonds is 10. The van der Waals surface area contributed by atoms with Gasteiger partial charge in [0.25, 0.3) is 0 Å². The molecule has 0 saturated heterocycles. The summed E-state index contributed by atoms with van der Waals surface area (Å²) in [6.07, 6.45) is 9.05. The third-order valence-corrected chi connectivity index (χ3v) is 2.69. The molecule has 14 N–H and O–H groups in total. The molecule has 0 heterocycles. The summed E-state index contributed by atoms with van der Waals surface area (Å²) < 4.78 is 32.8. The van der Waals surface area contributed by atoms with Gasteiger partial charge in [0, 0.05) is 0 Å². The molecule has 140 valence electrons. The van der Waals surface area contributed by atoms with Crippen molar-refractivity contribution in [2.75, 3.05) is 6.61 Å². The van der Waals surface area contributed by atoms with E-state index in [4.69, 9.17) is 4.55 Å². The first-order valence-electron chi connectivity index (χ1n) is 5.68. The standard InChI is InChI=1S/C10H22O4S.H3N.5H2O/c1-2-3-4-5-6-7-8-9-10-14-15(11,12)13;;;;;;/h2-10H2,1H3,(H,11,12,13);1H3;5*1H2. The van der Waals surface area contributed by atoms with Gasteiger partial charge in [-0.2, -0.15) is 8.42 Å². The van der Waals surface area contributed by atoms with E-state index in [0.717, 1.165) is 12.8 Å². The lowest BCUT2D eigenvalue weighted by molar-refractivity contribution is 0.261. The van der Waals surface area contributed by atoms with Gasteiger partial charge >= 0.3 is 10.4 Å². The van der Waals surface area contributed by atoms with Crippen molar-refractivity contribution in [3.63, 3.8) is 0 Å². The van der Waals surface area contributed by atoms with Gasteiger partial charge in [0.05, 0.1) is 6.61 Å². The van der Waals surface area contributed by atoms with E-state index in [0.29, 0.717) is 6.42 Å². The van der Waals surface area contributed by atoms with Gasteiger partial charge < -0.3 is 33.5 Å². The van der Waals surface area contributed by atoms with Gasteiger partial charge in [-0.1, -0.05) is 51.9 Å². The summed E-state index contributed by atoms with van der Waals surface area (Å²) in [5.41, 5.74) is 0. The molecule has 0 fully saturated rings. The van der Waals surface area contributed by atoms with Crippen molar-refractivity contribution in [1.82, 2.24) is 6.15 Å². The Morgan fingerprint density at radius 3 is 1.43 bits per heavy atom. The molecule has 0 spiro atoms. The van der Waals surface area contributed by atoms with E-state index in [2.05, 4.69) is 11.1 Å². The Morgan fingerprint density at radius 1 is 0.762 bits per heavy atom. The van der Waals surface area contributed by atoms with E-state index in [1.54, 1.807) is 0 Å². The first-order chi connectivity index (χ1) is 7.06. The number of hydrogen-bond acceptors (Lipinski definition) is 4. The van der Waals surface area contributed by atoms with Crippen molar-refractivity contribution in [2.45, 2.75) is 58.3 Å². The molecular formula is C10H35NO9S. The summed E-state index contributed by atoms with van der Waals surface area (Å²) in [4.78, 5) is 0. The molecule has 0 atom stereocenters. The molecule has 0 bridgehead atoms. The summed E-state index contributed by atoms with van der Waals surface area (Å²) in [6.45, 7) is 2.28. The minimum atomic E-state index is -4.23. The van der Waals surface area contributed by atoms with Gasteiger partial charge in [0.1, 0.15) is 0 Å². The van der Waals surface area contributed by atoms with Crippen LogP contribution in [0.25, 0.3) is 0 Å². The van der Waals surface area contributed by atoms with Crippen molar-refractivity contribution in [1.29, 1.82) is 0 Å². The first kappa shape index (κ1) is 42.8. The van der Waals surface area contributed by atoms with Gasteiger partial charge in [-0.25, -0.2) is 4.18 Å². The van der Waals surface area contributed by atoms with Crippen LogP contribution in [0.5, 0.6) is 0 Å². The van der Waals surface area contributed by atoms with Gasteiger partial charge in [-0.15, -0.1) is 0 Å². The van der Waals surface area contributed by atoms with Crippen molar-refractivity contribution < 1.29 is 44.5 Å². The van der Waals surface area contributed by atoms with Crippen molar-refractivity contribution >= 4 is 10.4 Å². The molecule has 0 saturated carbocycles. The summed E-state index contributed by atoms with van der Waals surface area (Å²) in [7, 11) is -4.23. The predicted molar refractivity (Wildman–Crippen MR) is 83.2 cm³/mol. The highest BCUT2D eigenvalue weighted by atomic mass is 32.3. The van der Waals surface area contributed by atoms with Gasteiger partial charge in [0.15, 0.2) is 0 Å². The lowest BCUT2D eigenvalue weighted by Crippen LogP contribution is -2.04. The minimum Gasteiger partial charge on any atom is -0.412 e. The normalized spacial score (nSPS) is 8.48. The summed E-state index contributed by atoms with van der Waals surface area (Å²) in [5, 5.41) is 0. The molecule has 0 aliphatic carbocycles. The molecule has 0 aliphatic rings. The maximum atomic E-state index is 10.2. The molecule has 0 rings (SSSR count). The van der Waals surface area contributed by atoms with Crippen LogP contribution in [0, 0.1) is 0 Å². The van der Waals surface area contributed by atoms with E-state index in [-0.39, 0.29) is 40.1 Å². The molecule has 0 aliphatic heterocycles. The highest BCUT2D eigenvalue weighted by Gasteiger charge is 2.02. The van der Waals surface area contributed by atoms with Crippen LogP contribution in [0.3, 0.4) is 0 Å². The maximum absolute atomic E-state index is 10.2. The monoisotopic (exact) mass is 345 g/mol. The van der Waals surface area contributed by atoms with E-state index in [9.17, 15) is 8.42 Å². The molecule has 0 amide bonds. The fraction of sp³-hybridized carbons (Fsp3) is 1.00. The van der Waals surface area contributed by atoms with Crippen molar-refractivity contribution in [3.05, 3.63) is 0 Å². The fourth-order valence-electron chi connectivity index (χ4n) is 1.40. The van der Waals surface area contributed by atoms with Crippen LogP contribution < -0.4 is 6.15 Å². The van der Waals surface area contributed by atoms with Gasteiger partial charge in [-0.05, 0) is 6.42 Å². The van der Waals surface area contributed by atoms with Crippen LogP contribution in [0.1, 0.15) is 58.3 Å². The lowest BCUT2D eigenvalue weighted by Gasteiger charge is -2.01. The second-order valence-electron chi connectivity index (χ2n) is 3.72. The second kappa shape index (κ2) is 27.9. The summed E-state index contributed by atoms with van der Waals surface area (Å²) in [6, 6.07) is 0. The summed E-state index contributed by atoms with van der Waals surface area (Å²) in [5.74, 6) is 0. The Hall–Kier alpha value is -0.370. The molecule has 0 radical (unpaired) electrons. The largest absolute Gasteiger partial charge is 0.412 e. The van der Waals surface area contributed by atoms with E-state index in [1.807, 2.05) is 0 Å².